The van der Waals surface area contributed by atoms with E-state index in [-0.39, 0.29) is 5.92 Å². The van der Waals surface area contributed by atoms with Crippen molar-refractivity contribution in [2.24, 2.45) is 0 Å². The van der Waals surface area contributed by atoms with E-state index in [1.807, 2.05) is 66.7 Å². The Morgan fingerprint density at radius 3 is 2.30 bits per heavy atom. The van der Waals surface area contributed by atoms with Gasteiger partial charge in [0.1, 0.15) is 5.75 Å². The highest BCUT2D eigenvalue weighted by Crippen LogP contribution is 2.66. The highest BCUT2D eigenvalue weighted by Gasteiger charge is 2.72. The van der Waals surface area contributed by atoms with Crippen LogP contribution in [-0.4, -0.2) is 16.3 Å². The third-order valence-electron chi connectivity index (χ3n) is 6.04. The molecule has 0 spiro atoms. The van der Waals surface area contributed by atoms with Gasteiger partial charge in [-0.1, -0.05) is 72.3 Å². The Kier molecular flexibility index (Phi) is 3.63. The van der Waals surface area contributed by atoms with Crippen LogP contribution in [0.1, 0.15) is 29.0 Å². The van der Waals surface area contributed by atoms with Crippen molar-refractivity contribution in [3.8, 4) is 5.75 Å². The Bertz CT molecular complexity index is 988. The van der Waals surface area contributed by atoms with E-state index < -0.39 is 17.3 Å². The van der Waals surface area contributed by atoms with E-state index in [9.17, 15) is 10.2 Å². The van der Waals surface area contributed by atoms with E-state index in [0.29, 0.717) is 22.8 Å². The van der Waals surface area contributed by atoms with Gasteiger partial charge in [-0.05, 0) is 35.7 Å². The van der Waals surface area contributed by atoms with Crippen molar-refractivity contribution in [2.75, 3.05) is 0 Å². The number of aliphatic hydroxyl groups is 2. The van der Waals surface area contributed by atoms with Crippen molar-refractivity contribution in [3.05, 3.63) is 101 Å². The molecule has 3 aromatic carbocycles. The summed E-state index contributed by atoms with van der Waals surface area (Å²) >= 11 is 6.11. The van der Waals surface area contributed by atoms with E-state index in [2.05, 4.69) is 0 Å². The predicted octanol–water partition coefficient (Wildman–Crippen LogP) is 4.36. The molecule has 0 unspecified atom stereocenters. The van der Waals surface area contributed by atoms with Gasteiger partial charge in [0.25, 0.3) is 0 Å². The van der Waals surface area contributed by atoms with Crippen molar-refractivity contribution in [1.29, 1.82) is 0 Å². The average Bonchev–Trinajstić information content (AvgIpc) is 3.10. The first-order chi connectivity index (χ1) is 13.1. The Morgan fingerprint density at radius 1 is 0.889 bits per heavy atom. The second-order valence-electron chi connectivity index (χ2n) is 7.32. The summed E-state index contributed by atoms with van der Waals surface area (Å²) in [4.78, 5) is 0. The minimum absolute atomic E-state index is 0.215. The third kappa shape index (κ3) is 2.10. The van der Waals surface area contributed by atoms with Gasteiger partial charge in [0.05, 0.1) is 6.10 Å². The Morgan fingerprint density at radius 2 is 1.56 bits per heavy atom. The van der Waals surface area contributed by atoms with E-state index >= 15 is 0 Å². The number of halogens is 1. The van der Waals surface area contributed by atoms with E-state index in [1.54, 1.807) is 12.1 Å². The monoisotopic (exact) mass is 378 g/mol. The van der Waals surface area contributed by atoms with Gasteiger partial charge in [0.2, 0.25) is 0 Å². The first-order valence-electron chi connectivity index (χ1n) is 9.07. The van der Waals surface area contributed by atoms with Crippen molar-refractivity contribution in [1.82, 2.24) is 0 Å². The largest absolute Gasteiger partial charge is 0.478 e. The zero-order chi connectivity index (χ0) is 18.6. The maximum absolute atomic E-state index is 11.9. The van der Waals surface area contributed by atoms with Crippen LogP contribution in [0.25, 0.3) is 0 Å². The normalized spacial score (nSPS) is 31.2. The molecule has 2 N–H and O–H groups in total. The molecular weight excluding hydrogens is 360 g/mol. The molecule has 0 amide bonds. The van der Waals surface area contributed by atoms with Crippen molar-refractivity contribution in [2.45, 2.75) is 29.6 Å². The summed E-state index contributed by atoms with van der Waals surface area (Å²) < 4.78 is 6.53. The van der Waals surface area contributed by atoms with Gasteiger partial charge < -0.3 is 14.9 Å². The molecule has 1 heterocycles. The quantitative estimate of drug-likeness (QED) is 0.696. The molecule has 2 aliphatic rings. The number of ether oxygens (including phenoxy) is 1. The SMILES string of the molecule is O[C@H]1C[C@@H](c2ccccc2)[C@]2(c3ccc(Cl)cc3)Oc3ccccc3[C@]12O. The molecule has 0 bridgehead atoms. The lowest BCUT2D eigenvalue weighted by Crippen LogP contribution is -2.51. The van der Waals surface area contributed by atoms with Crippen LogP contribution < -0.4 is 4.74 Å². The maximum Gasteiger partial charge on any atom is 0.176 e. The molecule has 5 rings (SSSR count). The van der Waals surface area contributed by atoms with Crippen LogP contribution in [0.2, 0.25) is 5.02 Å². The predicted molar refractivity (Wildman–Crippen MR) is 104 cm³/mol. The lowest BCUT2D eigenvalue weighted by Gasteiger charge is -2.40. The van der Waals surface area contributed by atoms with Crippen LogP contribution >= 0.6 is 11.6 Å². The van der Waals surface area contributed by atoms with Crippen LogP contribution in [0, 0.1) is 0 Å². The van der Waals surface area contributed by atoms with E-state index in [1.165, 1.54) is 0 Å². The molecule has 4 atom stereocenters. The summed E-state index contributed by atoms with van der Waals surface area (Å²) in [5.41, 5.74) is -0.211. The summed E-state index contributed by atoms with van der Waals surface area (Å²) in [6.07, 6.45) is -0.556. The summed E-state index contributed by atoms with van der Waals surface area (Å²) in [5, 5.41) is 23.6. The summed E-state index contributed by atoms with van der Waals surface area (Å²) in [5.74, 6) is 0.391. The molecule has 27 heavy (non-hydrogen) atoms. The topological polar surface area (TPSA) is 49.7 Å². The first-order valence-corrected chi connectivity index (χ1v) is 9.45. The fraction of sp³-hybridized carbons (Fsp3) is 0.217. The number of rotatable bonds is 2. The molecule has 136 valence electrons. The molecule has 0 radical (unpaired) electrons. The van der Waals surface area contributed by atoms with Gasteiger partial charge >= 0.3 is 0 Å². The number of hydrogen-bond donors (Lipinski definition) is 2. The summed E-state index contributed by atoms with van der Waals surface area (Å²) in [6.45, 7) is 0. The molecular formula is C23H19ClO3. The van der Waals surface area contributed by atoms with Crippen molar-refractivity contribution in [3.63, 3.8) is 0 Å². The third-order valence-corrected chi connectivity index (χ3v) is 6.29. The number of para-hydroxylation sites is 1. The van der Waals surface area contributed by atoms with Crippen LogP contribution in [0.15, 0.2) is 78.9 Å². The van der Waals surface area contributed by atoms with Gasteiger partial charge in [0, 0.05) is 16.5 Å². The number of benzene rings is 3. The standard InChI is InChI=1S/C23H19ClO3/c24-17-12-10-16(11-13-17)23-19(15-6-2-1-3-7-15)14-21(25)22(23,26)18-8-4-5-9-20(18)27-23/h1-13,19,21,25-26H,14H2/t19-,21-,22-,23-/m0/s1. The molecule has 3 nitrogen and oxygen atoms in total. The zero-order valence-electron chi connectivity index (χ0n) is 14.5. The zero-order valence-corrected chi connectivity index (χ0v) is 15.3. The average molecular weight is 379 g/mol. The Balaban J connectivity index is 1.80. The fourth-order valence-electron chi connectivity index (χ4n) is 4.88. The Labute approximate surface area is 162 Å². The van der Waals surface area contributed by atoms with Crippen LogP contribution in [-0.2, 0) is 11.2 Å². The fourth-order valence-corrected chi connectivity index (χ4v) is 5.01. The summed E-state index contributed by atoms with van der Waals surface area (Å²) in [6, 6.07) is 24.7. The lowest BCUT2D eigenvalue weighted by molar-refractivity contribution is -0.149. The van der Waals surface area contributed by atoms with Crippen molar-refractivity contribution >= 4 is 11.6 Å². The first kappa shape index (κ1) is 16.8. The minimum Gasteiger partial charge on any atom is -0.478 e. The van der Waals surface area contributed by atoms with Gasteiger partial charge in [-0.25, -0.2) is 0 Å². The molecule has 3 aromatic rings. The molecule has 1 saturated carbocycles. The summed E-state index contributed by atoms with van der Waals surface area (Å²) in [7, 11) is 0. The van der Waals surface area contributed by atoms with Crippen LogP contribution in [0.4, 0.5) is 0 Å². The highest BCUT2D eigenvalue weighted by molar-refractivity contribution is 6.30. The van der Waals surface area contributed by atoms with Gasteiger partial charge in [-0.3, -0.25) is 0 Å². The number of hydrogen-bond acceptors (Lipinski definition) is 3. The highest BCUT2D eigenvalue weighted by atomic mass is 35.5. The second kappa shape index (κ2) is 5.83. The molecule has 1 aliphatic heterocycles. The number of fused-ring (bicyclic) bond motifs is 3. The van der Waals surface area contributed by atoms with E-state index in [4.69, 9.17) is 16.3 Å². The minimum atomic E-state index is -1.54. The molecule has 1 fully saturated rings. The van der Waals surface area contributed by atoms with Crippen LogP contribution in [0.5, 0.6) is 5.75 Å². The molecule has 1 aliphatic carbocycles. The van der Waals surface area contributed by atoms with Gasteiger partial charge in [-0.15, -0.1) is 0 Å². The second-order valence-corrected chi connectivity index (χ2v) is 7.76. The molecule has 4 heteroatoms. The van der Waals surface area contributed by atoms with Gasteiger partial charge in [0.15, 0.2) is 11.2 Å². The molecule has 0 aromatic heterocycles. The smallest absolute Gasteiger partial charge is 0.176 e. The van der Waals surface area contributed by atoms with Crippen LogP contribution in [0.3, 0.4) is 0 Å². The lowest BCUT2D eigenvalue weighted by atomic mass is 9.71. The van der Waals surface area contributed by atoms with Crippen molar-refractivity contribution < 1.29 is 14.9 Å². The van der Waals surface area contributed by atoms with E-state index in [0.717, 1.165) is 11.1 Å². The van der Waals surface area contributed by atoms with Gasteiger partial charge in [-0.2, -0.15) is 0 Å². The molecule has 0 saturated heterocycles. The number of aliphatic hydroxyl groups excluding tert-OH is 1. The maximum atomic E-state index is 11.9. The Hall–Kier alpha value is -2.33.